The molecule has 9 heteroatoms. The minimum absolute atomic E-state index is 0.151. The summed E-state index contributed by atoms with van der Waals surface area (Å²) in [5.41, 5.74) is 1.54. The van der Waals surface area contributed by atoms with Crippen LogP contribution in [0.25, 0.3) is 0 Å². The Balaban J connectivity index is 1.62. The van der Waals surface area contributed by atoms with E-state index < -0.39 is 11.9 Å². The zero-order valence-electron chi connectivity index (χ0n) is 15.3. The van der Waals surface area contributed by atoms with Gasteiger partial charge >= 0.3 is 6.18 Å². The highest BCUT2D eigenvalue weighted by molar-refractivity contribution is 6.31. The van der Waals surface area contributed by atoms with Crippen LogP contribution < -0.4 is 4.90 Å². The van der Waals surface area contributed by atoms with Gasteiger partial charge in [0.1, 0.15) is 0 Å². The van der Waals surface area contributed by atoms with Gasteiger partial charge in [-0.15, -0.1) is 0 Å². The second kappa shape index (κ2) is 7.76. The largest absolute Gasteiger partial charge is 0.436 e. The Hall–Kier alpha value is -2.66. The number of hydrogen-bond acceptors (Lipinski definition) is 4. The van der Waals surface area contributed by atoms with Gasteiger partial charge in [-0.2, -0.15) is 23.5 Å². The number of nitrogens with zero attached hydrogens (tertiary/aromatic N) is 5. The lowest BCUT2D eigenvalue weighted by molar-refractivity contribution is -0.141. The summed E-state index contributed by atoms with van der Waals surface area (Å²) in [4.78, 5) is 4.24. The minimum Gasteiger partial charge on any atom is -0.370 e. The molecule has 1 aromatic heterocycles. The van der Waals surface area contributed by atoms with Crippen molar-refractivity contribution in [3.05, 3.63) is 58.5 Å². The van der Waals surface area contributed by atoms with Crippen molar-refractivity contribution in [1.82, 2.24) is 14.7 Å². The molecule has 28 heavy (non-hydrogen) atoms. The smallest absolute Gasteiger partial charge is 0.370 e. The maximum atomic E-state index is 13.0. The van der Waals surface area contributed by atoms with Crippen molar-refractivity contribution in [2.45, 2.75) is 19.6 Å². The first-order valence-electron chi connectivity index (χ1n) is 8.68. The molecule has 1 aliphatic heterocycles. The summed E-state index contributed by atoms with van der Waals surface area (Å²) in [7, 11) is 0. The quantitative estimate of drug-likeness (QED) is 0.763. The molecule has 2 aromatic rings. The third-order valence-corrected chi connectivity index (χ3v) is 5.28. The van der Waals surface area contributed by atoms with Crippen molar-refractivity contribution >= 4 is 17.3 Å². The molecule has 0 spiro atoms. The highest BCUT2D eigenvalue weighted by Crippen LogP contribution is 2.35. The van der Waals surface area contributed by atoms with E-state index in [4.69, 9.17) is 16.9 Å². The fourth-order valence-electron chi connectivity index (χ4n) is 3.16. The maximum Gasteiger partial charge on any atom is 0.436 e. The zero-order valence-corrected chi connectivity index (χ0v) is 16.1. The molecule has 0 saturated carbocycles. The van der Waals surface area contributed by atoms with Crippen molar-refractivity contribution in [3.8, 4) is 6.07 Å². The second-order valence-corrected chi connectivity index (χ2v) is 6.98. The van der Waals surface area contributed by atoms with Crippen molar-refractivity contribution in [3.63, 3.8) is 0 Å². The summed E-state index contributed by atoms with van der Waals surface area (Å²) in [5.74, 6) is 0. The predicted molar refractivity (Wildman–Crippen MR) is 101 cm³/mol. The van der Waals surface area contributed by atoms with E-state index in [-0.39, 0.29) is 17.3 Å². The molecule has 0 amide bonds. The van der Waals surface area contributed by atoms with E-state index in [9.17, 15) is 13.2 Å². The lowest BCUT2D eigenvalue weighted by Gasteiger charge is -2.38. The lowest BCUT2D eigenvalue weighted by atomic mass is 10.2. The van der Waals surface area contributed by atoms with Gasteiger partial charge in [-0.05, 0) is 31.2 Å². The molecule has 3 rings (SSSR count). The summed E-state index contributed by atoms with van der Waals surface area (Å²) in [5, 5.41) is 12.1. The topological polar surface area (TPSA) is 48.1 Å². The fraction of sp³-hybridized carbons (Fsp3) is 0.368. The molecular formula is C19H19ClF3N5. The van der Waals surface area contributed by atoms with Crippen LogP contribution >= 0.6 is 11.6 Å². The van der Waals surface area contributed by atoms with Gasteiger partial charge in [0, 0.05) is 37.6 Å². The Morgan fingerprint density at radius 3 is 2.32 bits per heavy atom. The average molecular weight is 410 g/mol. The Labute approximate surface area is 166 Å². The first-order chi connectivity index (χ1) is 13.2. The Morgan fingerprint density at radius 2 is 1.82 bits per heavy atom. The van der Waals surface area contributed by atoms with E-state index in [0.29, 0.717) is 24.4 Å². The molecule has 2 heterocycles. The van der Waals surface area contributed by atoms with Crippen LogP contribution in [0.5, 0.6) is 0 Å². The molecule has 0 aliphatic carbocycles. The number of halogens is 4. The van der Waals surface area contributed by atoms with Crippen LogP contribution in [-0.2, 0) is 12.7 Å². The van der Waals surface area contributed by atoms with Crippen LogP contribution in [0.15, 0.2) is 36.5 Å². The highest BCUT2D eigenvalue weighted by atomic mass is 35.5. The molecular weight excluding hydrogens is 391 g/mol. The zero-order chi connectivity index (χ0) is 20.5. The Kier molecular flexibility index (Phi) is 5.57. The molecule has 0 bridgehead atoms. The van der Waals surface area contributed by atoms with E-state index in [0.717, 1.165) is 18.8 Å². The van der Waals surface area contributed by atoms with Crippen LogP contribution in [-0.4, -0.2) is 40.9 Å². The molecule has 0 radical (unpaired) electrons. The molecule has 1 aliphatic rings. The molecule has 0 N–H and O–H groups in total. The molecule has 0 unspecified atom stereocenters. The molecule has 148 valence electrons. The number of hydrogen-bond donors (Lipinski definition) is 0. The van der Waals surface area contributed by atoms with Gasteiger partial charge in [0.2, 0.25) is 0 Å². The lowest BCUT2D eigenvalue weighted by Crippen LogP contribution is -2.46. The van der Waals surface area contributed by atoms with Gasteiger partial charge in [0.05, 0.1) is 28.9 Å². The highest BCUT2D eigenvalue weighted by Gasteiger charge is 2.38. The third kappa shape index (κ3) is 4.09. The first kappa shape index (κ1) is 20.1. The SMILES string of the molecule is C=C(Cn1nc(C(F)(F)F)c(Cl)c1C)N1CCN(c2ccc(C#N)cc2)CC1. The van der Waals surface area contributed by atoms with Crippen molar-refractivity contribution in [1.29, 1.82) is 5.26 Å². The maximum absolute atomic E-state index is 13.0. The van der Waals surface area contributed by atoms with E-state index in [2.05, 4.69) is 22.6 Å². The summed E-state index contributed by atoms with van der Waals surface area (Å²) >= 11 is 5.80. The Bertz CT molecular complexity index is 903. The number of aromatic nitrogens is 2. The van der Waals surface area contributed by atoms with Crippen molar-refractivity contribution < 1.29 is 13.2 Å². The molecule has 1 saturated heterocycles. The number of allylic oxidation sites excluding steroid dienone is 1. The second-order valence-electron chi connectivity index (χ2n) is 6.60. The van der Waals surface area contributed by atoms with Gasteiger partial charge in [0.25, 0.3) is 0 Å². The van der Waals surface area contributed by atoms with Gasteiger partial charge in [0.15, 0.2) is 5.69 Å². The number of nitriles is 1. The number of alkyl halides is 3. The van der Waals surface area contributed by atoms with Crippen LogP contribution in [0, 0.1) is 18.3 Å². The molecule has 1 fully saturated rings. The van der Waals surface area contributed by atoms with E-state index in [1.807, 2.05) is 17.0 Å². The average Bonchev–Trinajstić information content (AvgIpc) is 2.97. The monoisotopic (exact) mass is 409 g/mol. The summed E-state index contributed by atoms with van der Waals surface area (Å²) < 4.78 is 40.2. The molecule has 5 nitrogen and oxygen atoms in total. The van der Waals surface area contributed by atoms with Gasteiger partial charge in [-0.25, -0.2) is 0 Å². The standard InChI is InChI=1S/C19H19ClF3N5/c1-13(12-28-14(2)17(20)18(25-28)19(21,22)23)26-7-9-27(10-8-26)16-5-3-15(11-24)4-6-16/h3-6H,1,7-10,12H2,2H3. The van der Waals surface area contributed by atoms with E-state index in [1.165, 1.54) is 11.6 Å². The molecule has 1 aromatic carbocycles. The number of rotatable bonds is 4. The van der Waals surface area contributed by atoms with Crippen LogP contribution in [0.1, 0.15) is 17.0 Å². The summed E-state index contributed by atoms with van der Waals surface area (Å²) in [6.07, 6.45) is -4.58. The fourth-order valence-corrected chi connectivity index (χ4v) is 3.40. The van der Waals surface area contributed by atoms with Gasteiger partial charge in [-0.3, -0.25) is 4.68 Å². The van der Waals surface area contributed by atoms with Crippen LogP contribution in [0.2, 0.25) is 5.02 Å². The van der Waals surface area contributed by atoms with Gasteiger partial charge in [-0.1, -0.05) is 18.2 Å². The van der Waals surface area contributed by atoms with E-state index >= 15 is 0 Å². The summed E-state index contributed by atoms with van der Waals surface area (Å²) in [6.45, 7) is 8.57. The van der Waals surface area contributed by atoms with Crippen LogP contribution in [0.4, 0.5) is 18.9 Å². The van der Waals surface area contributed by atoms with Crippen molar-refractivity contribution in [2.24, 2.45) is 0 Å². The third-order valence-electron chi connectivity index (χ3n) is 4.82. The number of benzene rings is 1. The number of anilines is 1. The van der Waals surface area contributed by atoms with Crippen LogP contribution in [0.3, 0.4) is 0 Å². The van der Waals surface area contributed by atoms with Gasteiger partial charge < -0.3 is 9.80 Å². The van der Waals surface area contributed by atoms with Crippen molar-refractivity contribution in [2.75, 3.05) is 31.1 Å². The van der Waals surface area contributed by atoms with E-state index in [1.54, 1.807) is 12.1 Å². The molecule has 0 atom stereocenters. The summed E-state index contributed by atoms with van der Waals surface area (Å²) in [6, 6.07) is 9.48. The first-order valence-corrected chi connectivity index (χ1v) is 9.06. The Morgan fingerprint density at radius 1 is 1.21 bits per heavy atom. The normalized spacial score (nSPS) is 14.9. The minimum atomic E-state index is -4.58. The predicted octanol–water partition coefficient (Wildman–Crippen LogP) is 4.07. The number of piperazine rings is 1.